The Bertz CT molecular complexity index is 722. The fourth-order valence-corrected chi connectivity index (χ4v) is 4.83. The predicted octanol–water partition coefficient (Wildman–Crippen LogP) is 4.24. The maximum Gasteiger partial charge on any atom is 0.325 e. The van der Waals surface area contributed by atoms with Crippen LogP contribution in [0.25, 0.3) is 0 Å². The van der Waals surface area contributed by atoms with Crippen LogP contribution in [-0.2, 0) is 9.59 Å². The van der Waals surface area contributed by atoms with Gasteiger partial charge in [-0.15, -0.1) is 0 Å². The highest BCUT2D eigenvalue weighted by atomic mass is 16.2. The molecule has 4 amide bonds. The minimum atomic E-state index is -0.858. The molecule has 1 aromatic carbocycles. The first-order valence-electron chi connectivity index (χ1n) is 11.0. The minimum absolute atomic E-state index is 0.121. The van der Waals surface area contributed by atoms with Crippen molar-refractivity contribution in [2.75, 3.05) is 11.4 Å². The van der Waals surface area contributed by atoms with Gasteiger partial charge in [-0.05, 0) is 37.8 Å². The van der Waals surface area contributed by atoms with Crippen LogP contribution in [-0.4, -0.2) is 40.9 Å². The normalized spacial score (nSPS) is 19.3. The highest BCUT2D eigenvalue weighted by Gasteiger charge is 2.50. The molecular formula is C23H33N3O3. The minimum Gasteiger partial charge on any atom is -0.323 e. The quantitative estimate of drug-likeness (QED) is 0.665. The molecule has 0 aromatic heterocycles. The standard InChI is InChI=1S/C23H33N3O3/c1-3-15-23(16-4-2)21(28)25(22(29)24-23)17-20(27)26(18-11-7-5-8-12-18)19-13-9-6-10-14-19/h5,7-8,11-12,19H,3-4,6,9-10,13-17H2,1-2H3,(H,24,29). The third-order valence-electron chi connectivity index (χ3n) is 6.14. The smallest absolute Gasteiger partial charge is 0.323 e. The maximum absolute atomic E-state index is 13.4. The summed E-state index contributed by atoms with van der Waals surface area (Å²) >= 11 is 0. The van der Waals surface area contributed by atoms with Crippen LogP contribution in [0.5, 0.6) is 0 Å². The van der Waals surface area contributed by atoms with Crippen molar-refractivity contribution in [3.63, 3.8) is 0 Å². The maximum atomic E-state index is 13.4. The van der Waals surface area contributed by atoms with E-state index in [-0.39, 0.29) is 24.4 Å². The molecule has 1 aliphatic heterocycles. The second kappa shape index (κ2) is 9.42. The third kappa shape index (κ3) is 4.46. The van der Waals surface area contributed by atoms with Gasteiger partial charge in [0.2, 0.25) is 5.91 Å². The van der Waals surface area contributed by atoms with Crippen LogP contribution in [0.3, 0.4) is 0 Å². The number of nitrogens with zero attached hydrogens (tertiary/aromatic N) is 2. The Labute approximate surface area is 173 Å². The average Bonchev–Trinajstić information content (AvgIpc) is 2.94. The number of urea groups is 1. The van der Waals surface area contributed by atoms with Crippen molar-refractivity contribution in [2.45, 2.75) is 83.2 Å². The highest BCUT2D eigenvalue weighted by molar-refractivity contribution is 6.10. The van der Waals surface area contributed by atoms with Crippen molar-refractivity contribution in [3.8, 4) is 0 Å². The number of hydrogen-bond donors (Lipinski definition) is 1. The lowest BCUT2D eigenvalue weighted by atomic mass is 9.88. The van der Waals surface area contributed by atoms with Crippen molar-refractivity contribution < 1.29 is 14.4 Å². The molecule has 3 rings (SSSR count). The summed E-state index contributed by atoms with van der Waals surface area (Å²) < 4.78 is 0. The van der Waals surface area contributed by atoms with Crippen LogP contribution in [0.2, 0.25) is 0 Å². The van der Waals surface area contributed by atoms with Crippen LogP contribution < -0.4 is 10.2 Å². The number of hydrogen-bond acceptors (Lipinski definition) is 3. The molecule has 6 heteroatoms. The van der Waals surface area contributed by atoms with E-state index in [1.807, 2.05) is 49.1 Å². The molecule has 0 spiro atoms. The van der Waals surface area contributed by atoms with Crippen molar-refractivity contribution in [3.05, 3.63) is 30.3 Å². The van der Waals surface area contributed by atoms with E-state index in [0.29, 0.717) is 12.8 Å². The Balaban J connectivity index is 1.82. The first-order valence-corrected chi connectivity index (χ1v) is 11.0. The number of carbonyl (C=O) groups excluding carboxylic acids is 3. The molecule has 0 bridgehead atoms. The number of para-hydroxylation sites is 1. The zero-order chi connectivity index (χ0) is 20.9. The van der Waals surface area contributed by atoms with Crippen LogP contribution in [0.15, 0.2) is 30.3 Å². The summed E-state index contributed by atoms with van der Waals surface area (Å²) in [6.45, 7) is 3.81. The van der Waals surface area contributed by atoms with Gasteiger partial charge in [-0.25, -0.2) is 4.79 Å². The molecule has 0 radical (unpaired) electrons. The second-order valence-corrected chi connectivity index (χ2v) is 8.29. The van der Waals surface area contributed by atoms with E-state index < -0.39 is 11.6 Å². The predicted molar refractivity (Wildman–Crippen MR) is 114 cm³/mol. The van der Waals surface area contributed by atoms with Crippen LogP contribution >= 0.6 is 0 Å². The van der Waals surface area contributed by atoms with E-state index >= 15 is 0 Å². The largest absolute Gasteiger partial charge is 0.325 e. The molecule has 6 nitrogen and oxygen atoms in total. The molecule has 1 saturated carbocycles. The Hall–Kier alpha value is -2.37. The first-order chi connectivity index (χ1) is 14.0. The lowest BCUT2D eigenvalue weighted by Gasteiger charge is -2.35. The topological polar surface area (TPSA) is 69.7 Å². The summed E-state index contributed by atoms with van der Waals surface area (Å²) in [5.41, 5.74) is -0.0200. The van der Waals surface area contributed by atoms with Crippen LogP contribution in [0, 0.1) is 0 Å². The van der Waals surface area contributed by atoms with E-state index in [1.165, 1.54) is 6.42 Å². The summed E-state index contributed by atoms with van der Waals surface area (Å²) in [4.78, 5) is 42.1. The Morgan fingerprint density at radius 1 is 1.07 bits per heavy atom. The van der Waals surface area contributed by atoms with Gasteiger partial charge in [0.1, 0.15) is 12.1 Å². The lowest BCUT2D eigenvalue weighted by Crippen LogP contribution is -2.49. The number of anilines is 1. The summed E-state index contributed by atoms with van der Waals surface area (Å²) in [5.74, 6) is -0.438. The van der Waals surface area contributed by atoms with Gasteiger partial charge in [0, 0.05) is 11.7 Å². The fraction of sp³-hybridized carbons (Fsp3) is 0.609. The zero-order valence-electron chi connectivity index (χ0n) is 17.7. The van der Waals surface area contributed by atoms with Gasteiger partial charge in [0.25, 0.3) is 5.91 Å². The zero-order valence-corrected chi connectivity index (χ0v) is 17.7. The number of benzene rings is 1. The van der Waals surface area contributed by atoms with Crippen LogP contribution in [0.4, 0.5) is 10.5 Å². The lowest BCUT2D eigenvalue weighted by molar-refractivity contribution is -0.135. The molecule has 0 unspecified atom stereocenters. The number of imide groups is 1. The summed E-state index contributed by atoms with van der Waals surface area (Å²) in [7, 11) is 0. The SMILES string of the molecule is CCCC1(CCC)NC(=O)N(CC(=O)N(c2ccccc2)C2CCCCC2)C1=O. The number of carbonyl (C=O) groups is 3. The molecule has 2 aliphatic rings. The van der Waals surface area contributed by atoms with E-state index in [4.69, 9.17) is 0 Å². The molecule has 0 atom stereocenters. The molecule has 1 saturated heterocycles. The molecule has 1 aromatic rings. The number of rotatable bonds is 8. The van der Waals surface area contributed by atoms with Gasteiger partial charge in [0.15, 0.2) is 0 Å². The van der Waals surface area contributed by atoms with E-state index in [2.05, 4.69) is 5.32 Å². The molecule has 1 aliphatic carbocycles. The van der Waals surface area contributed by atoms with Gasteiger partial charge in [0.05, 0.1) is 0 Å². The van der Waals surface area contributed by atoms with Crippen molar-refractivity contribution in [1.82, 2.24) is 10.2 Å². The van der Waals surface area contributed by atoms with Crippen LogP contribution in [0.1, 0.15) is 71.6 Å². The van der Waals surface area contributed by atoms with Gasteiger partial charge in [-0.2, -0.15) is 0 Å². The molecule has 1 N–H and O–H groups in total. The Kier molecular flexibility index (Phi) is 6.93. The van der Waals surface area contributed by atoms with E-state index in [0.717, 1.165) is 49.1 Å². The van der Waals surface area contributed by atoms with Crippen molar-refractivity contribution in [1.29, 1.82) is 0 Å². The van der Waals surface area contributed by atoms with E-state index in [9.17, 15) is 14.4 Å². The summed E-state index contributed by atoms with van der Waals surface area (Å²) in [6.07, 6.45) is 8.09. The average molecular weight is 400 g/mol. The highest BCUT2D eigenvalue weighted by Crippen LogP contribution is 2.30. The first kappa shape index (κ1) is 21.3. The van der Waals surface area contributed by atoms with Crippen molar-refractivity contribution in [2.24, 2.45) is 0 Å². The van der Waals surface area contributed by atoms with Gasteiger partial charge >= 0.3 is 6.03 Å². The van der Waals surface area contributed by atoms with Gasteiger partial charge in [-0.3, -0.25) is 14.5 Å². The molecule has 1 heterocycles. The Morgan fingerprint density at radius 3 is 2.28 bits per heavy atom. The van der Waals surface area contributed by atoms with Gasteiger partial charge < -0.3 is 10.2 Å². The molecule has 158 valence electrons. The Morgan fingerprint density at radius 2 is 1.69 bits per heavy atom. The number of amides is 4. The monoisotopic (exact) mass is 399 g/mol. The number of nitrogens with one attached hydrogen (secondary N) is 1. The molecule has 2 fully saturated rings. The fourth-order valence-electron chi connectivity index (χ4n) is 4.83. The van der Waals surface area contributed by atoms with Crippen molar-refractivity contribution >= 4 is 23.5 Å². The molecule has 29 heavy (non-hydrogen) atoms. The van der Waals surface area contributed by atoms with E-state index in [1.54, 1.807) is 0 Å². The summed E-state index contributed by atoms with van der Waals surface area (Å²) in [6, 6.07) is 9.29. The third-order valence-corrected chi connectivity index (χ3v) is 6.14. The second-order valence-electron chi connectivity index (χ2n) is 8.29. The van der Waals surface area contributed by atoms with Gasteiger partial charge in [-0.1, -0.05) is 64.2 Å². The summed E-state index contributed by atoms with van der Waals surface area (Å²) in [5, 5.41) is 2.90. The molecular weight excluding hydrogens is 366 g/mol.